The zero-order valence-electron chi connectivity index (χ0n) is 14.4. The van der Waals surface area contributed by atoms with Crippen LogP contribution in [0.5, 0.6) is 0 Å². The summed E-state index contributed by atoms with van der Waals surface area (Å²) in [6.45, 7) is 2.28. The molecule has 2 heteroatoms. The number of aliphatic hydroxyl groups is 1. The van der Waals surface area contributed by atoms with Gasteiger partial charge in [-0.15, -0.1) is 0 Å². The van der Waals surface area contributed by atoms with Crippen molar-refractivity contribution in [1.82, 2.24) is 0 Å². The van der Waals surface area contributed by atoms with E-state index in [1.165, 1.54) is 96.1 Å². The van der Waals surface area contributed by atoms with Gasteiger partial charge in [0, 0.05) is 12.6 Å². The number of allylic oxidation sites excluding steroid dienone is 1. The Kier molecular flexibility index (Phi) is 16.8. The van der Waals surface area contributed by atoms with Crippen LogP contribution in [0.2, 0.25) is 0 Å². The van der Waals surface area contributed by atoms with Crippen LogP contribution in [0, 0.1) is 0 Å². The SMILES string of the molecule is CCCCCCCCCCCCCCCCCC(O)=CN. The van der Waals surface area contributed by atoms with Crippen LogP contribution in [0.4, 0.5) is 0 Å². The van der Waals surface area contributed by atoms with Crippen LogP contribution in [0.25, 0.3) is 0 Å². The van der Waals surface area contributed by atoms with Crippen molar-refractivity contribution in [3.05, 3.63) is 12.0 Å². The molecule has 0 atom stereocenters. The molecule has 0 saturated carbocycles. The maximum atomic E-state index is 9.20. The molecule has 0 spiro atoms. The second-order valence-electron chi connectivity index (χ2n) is 6.36. The molecule has 0 unspecified atom stereocenters. The number of hydrogen-bond acceptors (Lipinski definition) is 2. The normalized spacial score (nSPS) is 12.0. The van der Waals surface area contributed by atoms with E-state index in [1.54, 1.807) is 0 Å². The maximum absolute atomic E-state index is 9.20. The van der Waals surface area contributed by atoms with Gasteiger partial charge in [0.2, 0.25) is 0 Å². The molecule has 0 aromatic rings. The average molecular weight is 298 g/mol. The van der Waals surface area contributed by atoms with E-state index in [0.717, 1.165) is 12.8 Å². The molecule has 0 bridgehead atoms. The van der Waals surface area contributed by atoms with Gasteiger partial charge in [-0.05, 0) is 6.42 Å². The van der Waals surface area contributed by atoms with Gasteiger partial charge in [-0.1, -0.05) is 96.8 Å². The van der Waals surface area contributed by atoms with Gasteiger partial charge in [0.05, 0.1) is 0 Å². The molecule has 3 N–H and O–H groups in total. The minimum absolute atomic E-state index is 0.338. The van der Waals surface area contributed by atoms with E-state index in [4.69, 9.17) is 5.73 Å². The molecule has 0 aliphatic carbocycles. The standard InChI is InChI=1S/C19H39NO/c1-2-3-4-5-6-7-8-9-10-11-12-13-14-15-16-17-19(21)18-20/h18,21H,2-17,20H2,1H3. The maximum Gasteiger partial charge on any atom is 0.108 e. The fourth-order valence-electron chi connectivity index (χ4n) is 2.76. The molecule has 0 aromatic heterocycles. The molecular weight excluding hydrogens is 258 g/mol. The first kappa shape index (κ1) is 20.3. The van der Waals surface area contributed by atoms with Crippen molar-refractivity contribution in [3.63, 3.8) is 0 Å². The summed E-state index contributed by atoms with van der Waals surface area (Å²) in [5, 5.41) is 9.20. The summed E-state index contributed by atoms with van der Waals surface area (Å²) in [5.74, 6) is 0.338. The molecule has 126 valence electrons. The highest BCUT2D eigenvalue weighted by Crippen LogP contribution is 2.14. The lowest BCUT2D eigenvalue weighted by Gasteiger charge is -2.03. The molecule has 0 radical (unpaired) electrons. The molecule has 0 amide bonds. The first-order valence-corrected chi connectivity index (χ1v) is 9.41. The zero-order chi connectivity index (χ0) is 15.6. The Morgan fingerprint density at radius 2 is 1.00 bits per heavy atom. The van der Waals surface area contributed by atoms with E-state index < -0.39 is 0 Å². The molecule has 0 fully saturated rings. The quantitative estimate of drug-likeness (QED) is 0.249. The summed E-state index contributed by atoms with van der Waals surface area (Å²) in [5.41, 5.74) is 5.22. The Balaban J connectivity index is 2.99. The number of unbranched alkanes of at least 4 members (excludes halogenated alkanes) is 14. The molecule has 2 nitrogen and oxygen atoms in total. The van der Waals surface area contributed by atoms with Gasteiger partial charge in [0.1, 0.15) is 5.76 Å². The number of hydrogen-bond donors (Lipinski definition) is 2. The van der Waals surface area contributed by atoms with Gasteiger partial charge in [-0.3, -0.25) is 0 Å². The van der Waals surface area contributed by atoms with Gasteiger partial charge in [-0.2, -0.15) is 0 Å². The first-order chi connectivity index (χ1) is 10.3. The van der Waals surface area contributed by atoms with E-state index in [2.05, 4.69) is 6.92 Å². The summed E-state index contributed by atoms with van der Waals surface area (Å²) in [6, 6.07) is 0. The lowest BCUT2D eigenvalue weighted by Crippen LogP contribution is -1.88. The third-order valence-corrected chi connectivity index (χ3v) is 4.23. The van der Waals surface area contributed by atoms with Gasteiger partial charge < -0.3 is 10.8 Å². The molecule has 0 rings (SSSR count). The molecule has 0 aliphatic heterocycles. The third-order valence-electron chi connectivity index (χ3n) is 4.23. The van der Waals surface area contributed by atoms with Crippen LogP contribution in [0.15, 0.2) is 12.0 Å². The van der Waals surface area contributed by atoms with Gasteiger partial charge >= 0.3 is 0 Å². The van der Waals surface area contributed by atoms with Gasteiger partial charge in [0.25, 0.3) is 0 Å². The highest BCUT2D eigenvalue weighted by Gasteiger charge is 1.95. The Hall–Kier alpha value is -0.660. The van der Waals surface area contributed by atoms with Crippen molar-refractivity contribution in [1.29, 1.82) is 0 Å². The summed E-state index contributed by atoms with van der Waals surface area (Å²) in [4.78, 5) is 0. The van der Waals surface area contributed by atoms with Crippen molar-refractivity contribution in [2.45, 2.75) is 110 Å². The molecule has 21 heavy (non-hydrogen) atoms. The second-order valence-corrected chi connectivity index (χ2v) is 6.36. The predicted octanol–water partition coefficient (Wildman–Crippen LogP) is 6.61. The smallest absolute Gasteiger partial charge is 0.108 e. The predicted molar refractivity (Wildman–Crippen MR) is 94.4 cm³/mol. The van der Waals surface area contributed by atoms with Crippen LogP contribution in [-0.4, -0.2) is 5.11 Å². The lowest BCUT2D eigenvalue weighted by atomic mass is 10.0. The van der Waals surface area contributed by atoms with E-state index in [9.17, 15) is 5.11 Å². The fraction of sp³-hybridized carbons (Fsp3) is 0.895. The summed E-state index contributed by atoms with van der Waals surface area (Å²) in [7, 11) is 0. The fourth-order valence-corrected chi connectivity index (χ4v) is 2.76. The van der Waals surface area contributed by atoms with Crippen molar-refractivity contribution in [2.75, 3.05) is 0 Å². The Morgan fingerprint density at radius 3 is 1.33 bits per heavy atom. The van der Waals surface area contributed by atoms with E-state index in [0.29, 0.717) is 5.76 Å². The summed E-state index contributed by atoms with van der Waals surface area (Å²) >= 11 is 0. The van der Waals surface area contributed by atoms with Crippen LogP contribution >= 0.6 is 0 Å². The highest BCUT2D eigenvalue weighted by molar-refractivity contribution is 4.85. The molecule has 0 aliphatic rings. The number of aliphatic hydroxyl groups excluding tert-OH is 1. The average Bonchev–Trinajstić information content (AvgIpc) is 2.50. The van der Waals surface area contributed by atoms with Crippen LogP contribution in [0.1, 0.15) is 110 Å². The van der Waals surface area contributed by atoms with E-state index in [1.807, 2.05) is 0 Å². The molecule has 0 aromatic carbocycles. The van der Waals surface area contributed by atoms with Crippen molar-refractivity contribution in [2.24, 2.45) is 5.73 Å². The minimum Gasteiger partial charge on any atom is -0.511 e. The first-order valence-electron chi connectivity index (χ1n) is 9.41. The molecular formula is C19H39NO. The number of nitrogens with two attached hydrogens (primary N) is 1. The van der Waals surface area contributed by atoms with E-state index >= 15 is 0 Å². The molecule has 0 heterocycles. The monoisotopic (exact) mass is 297 g/mol. The topological polar surface area (TPSA) is 46.2 Å². The largest absolute Gasteiger partial charge is 0.511 e. The van der Waals surface area contributed by atoms with Gasteiger partial charge in [-0.25, -0.2) is 0 Å². The Labute approximate surface area is 133 Å². The number of rotatable bonds is 16. The van der Waals surface area contributed by atoms with Crippen LogP contribution in [-0.2, 0) is 0 Å². The Morgan fingerprint density at radius 1 is 0.667 bits per heavy atom. The van der Waals surface area contributed by atoms with E-state index in [-0.39, 0.29) is 0 Å². The van der Waals surface area contributed by atoms with Crippen molar-refractivity contribution in [3.8, 4) is 0 Å². The van der Waals surface area contributed by atoms with Gasteiger partial charge in [0.15, 0.2) is 0 Å². The molecule has 0 saturated heterocycles. The summed E-state index contributed by atoms with van der Waals surface area (Å²) < 4.78 is 0. The zero-order valence-corrected chi connectivity index (χ0v) is 14.4. The lowest BCUT2D eigenvalue weighted by molar-refractivity contribution is 0.378. The second kappa shape index (κ2) is 17.4. The third kappa shape index (κ3) is 17.3. The van der Waals surface area contributed by atoms with Crippen LogP contribution in [0.3, 0.4) is 0 Å². The minimum atomic E-state index is 0.338. The van der Waals surface area contributed by atoms with Crippen LogP contribution < -0.4 is 5.73 Å². The van der Waals surface area contributed by atoms with Crippen molar-refractivity contribution < 1.29 is 5.11 Å². The van der Waals surface area contributed by atoms with Crippen molar-refractivity contribution >= 4 is 0 Å². The highest BCUT2D eigenvalue weighted by atomic mass is 16.3. The Bertz CT molecular complexity index is 226. The summed E-state index contributed by atoms with van der Waals surface area (Å²) in [6.07, 6.45) is 22.6.